The van der Waals surface area contributed by atoms with Crippen LogP contribution in [0, 0.1) is 13.8 Å². The SMILES string of the molecule is Cc1cc2c3c(c1)C1(c4ccccc4-c4ccc(-c5c6ccccc6c(-c6ccccc6)c6ccccc56)cc41)c1cc(C)cc(c1-3)C21c2ccccc2-c2ccc(-c3cccnc3)cc21. The third-order valence-electron chi connectivity index (χ3n) is 15.8. The van der Waals surface area contributed by atoms with Crippen LogP contribution in [0.1, 0.15) is 55.6 Å². The first-order chi connectivity index (χ1) is 32.6. The third kappa shape index (κ3) is 4.30. The van der Waals surface area contributed by atoms with E-state index in [0.717, 1.165) is 5.56 Å². The summed E-state index contributed by atoms with van der Waals surface area (Å²) in [6, 6.07) is 76.5. The highest BCUT2D eigenvalue weighted by Gasteiger charge is 2.61. The van der Waals surface area contributed by atoms with Gasteiger partial charge in [0.25, 0.3) is 0 Å². The van der Waals surface area contributed by atoms with Crippen LogP contribution in [0.25, 0.3) is 88.3 Å². The average molecular weight is 836 g/mol. The Labute approximate surface area is 384 Å². The molecular weight excluding hydrogens is 795 g/mol. The van der Waals surface area contributed by atoms with E-state index in [1.807, 2.05) is 18.5 Å². The maximum Gasteiger partial charge on any atom is 0.0726 e. The molecule has 0 amide bonds. The van der Waals surface area contributed by atoms with Gasteiger partial charge in [-0.1, -0.05) is 193 Å². The molecule has 4 aliphatic carbocycles. The van der Waals surface area contributed by atoms with Crippen LogP contribution >= 0.6 is 0 Å². The lowest BCUT2D eigenvalue weighted by atomic mass is 9.64. The summed E-state index contributed by atoms with van der Waals surface area (Å²) in [5, 5.41) is 5.10. The molecule has 0 atom stereocenters. The molecule has 1 aromatic heterocycles. The number of aromatic nitrogens is 1. The lowest BCUT2D eigenvalue weighted by Crippen LogP contribution is -2.31. The van der Waals surface area contributed by atoms with Gasteiger partial charge in [-0.3, -0.25) is 4.98 Å². The highest BCUT2D eigenvalue weighted by Crippen LogP contribution is 2.72. The van der Waals surface area contributed by atoms with E-state index in [4.69, 9.17) is 0 Å². The number of aryl methyl sites for hydroxylation is 2. The molecule has 1 heteroatoms. The monoisotopic (exact) mass is 835 g/mol. The molecule has 0 radical (unpaired) electrons. The van der Waals surface area contributed by atoms with Crippen molar-refractivity contribution in [2.75, 3.05) is 0 Å². The fourth-order valence-electron chi connectivity index (χ4n) is 13.5. The number of pyridine rings is 1. The fraction of sp³-hybridized carbons (Fsp3) is 0.0615. The Morgan fingerprint density at radius 2 is 0.697 bits per heavy atom. The van der Waals surface area contributed by atoms with Crippen LogP contribution in [-0.4, -0.2) is 4.98 Å². The normalized spacial score (nSPS) is 14.5. The first kappa shape index (κ1) is 36.2. The van der Waals surface area contributed by atoms with E-state index in [9.17, 15) is 0 Å². The molecular formula is C65H41N. The molecule has 4 aliphatic rings. The summed E-state index contributed by atoms with van der Waals surface area (Å²) in [7, 11) is 0. The van der Waals surface area contributed by atoms with Crippen LogP contribution in [0.4, 0.5) is 0 Å². The fourth-order valence-corrected chi connectivity index (χ4v) is 13.5. The molecule has 0 bridgehead atoms. The van der Waals surface area contributed by atoms with Crippen LogP contribution in [0.15, 0.2) is 213 Å². The van der Waals surface area contributed by atoms with Crippen LogP contribution in [-0.2, 0) is 10.8 Å². The van der Waals surface area contributed by atoms with E-state index < -0.39 is 10.8 Å². The maximum absolute atomic E-state index is 4.55. The number of benzene rings is 10. The molecule has 1 nitrogen and oxygen atoms in total. The van der Waals surface area contributed by atoms with E-state index >= 15 is 0 Å². The predicted molar refractivity (Wildman–Crippen MR) is 272 cm³/mol. The zero-order chi connectivity index (χ0) is 43.5. The van der Waals surface area contributed by atoms with Crippen LogP contribution in [0.2, 0.25) is 0 Å². The minimum atomic E-state index is -0.510. The molecule has 0 saturated carbocycles. The maximum atomic E-state index is 4.55. The van der Waals surface area contributed by atoms with Crippen molar-refractivity contribution >= 4 is 21.5 Å². The highest BCUT2D eigenvalue weighted by atomic mass is 14.6. The van der Waals surface area contributed by atoms with Crippen molar-refractivity contribution in [3.63, 3.8) is 0 Å². The van der Waals surface area contributed by atoms with Crippen molar-refractivity contribution in [1.29, 1.82) is 0 Å². The lowest BCUT2D eigenvalue weighted by molar-refractivity contribution is 0.753. The molecule has 0 aliphatic heterocycles. The number of hydrogen-bond donors (Lipinski definition) is 0. The zero-order valence-electron chi connectivity index (χ0n) is 36.7. The first-order valence-corrected chi connectivity index (χ1v) is 23.3. The Morgan fingerprint density at radius 1 is 0.288 bits per heavy atom. The molecule has 15 rings (SSSR count). The summed E-state index contributed by atoms with van der Waals surface area (Å²) in [6.07, 6.45) is 3.86. The van der Waals surface area contributed by atoms with Crippen molar-refractivity contribution in [2.45, 2.75) is 24.7 Å². The summed E-state index contributed by atoms with van der Waals surface area (Å²) in [5.74, 6) is 0. The summed E-state index contributed by atoms with van der Waals surface area (Å²) >= 11 is 0. The standard InChI is InChI=1S/C65H41N/c1-38-31-56-62-58(33-38)65(59-34-39(2)32-57(63(59)62)64(56)52-24-12-10-18-44(52)46-28-26-41(35-54(46)64)43-17-14-30-66-37-43)53-25-13-11-19-45(53)47-29-27-42(36-55(47)65)61-50-22-8-6-20-48(50)60(40-15-4-3-5-16-40)49-21-7-9-23-51(49)61/h3-37H,1-2H3. The van der Waals surface area contributed by atoms with Crippen molar-refractivity contribution in [2.24, 2.45) is 0 Å². The van der Waals surface area contributed by atoms with Gasteiger partial charge in [0.1, 0.15) is 0 Å². The Hall–Kier alpha value is -8.13. The second-order valence-electron chi connectivity index (χ2n) is 19.0. The van der Waals surface area contributed by atoms with Crippen molar-refractivity contribution in [1.82, 2.24) is 4.98 Å². The quantitative estimate of drug-likeness (QED) is 0.162. The first-order valence-electron chi connectivity index (χ1n) is 23.3. The van der Waals surface area contributed by atoms with E-state index in [2.05, 4.69) is 213 Å². The number of nitrogens with zero attached hydrogens (tertiary/aromatic N) is 1. The third-order valence-corrected chi connectivity index (χ3v) is 15.8. The van der Waals surface area contributed by atoms with Gasteiger partial charge in [-0.05, 0) is 165 Å². The Balaban J connectivity index is 1.05. The highest BCUT2D eigenvalue weighted by molar-refractivity contribution is 6.21. The second kappa shape index (κ2) is 12.8. The molecule has 306 valence electrons. The van der Waals surface area contributed by atoms with Crippen LogP contribution in [0.3, 0.4) is 0 Å². The molecule has 11 aromatic rings. The number of rotatable bonds is 3. The molecule has 0 saturated heterocycles. The predicted octanol–water partition coefficient (Wildman–Crippen LogP) is 16.0. The van der Waals surface area contributed by atoms with Crippen molar-refractivity contribution in [3.8, 4) is 66.8 Å². The average Bonchev–Trinajstić information content (AvgIpc) is 4.03. The van der Waals surface area contributed by atoms with E-state index in [0.29, 0.717) is 0 Å². The molecule has 2 spiro atoms. The molecule has 0 N–H and O–H groups in total. The largest absolute Gasteiger partial charge is 0.264 e. The van der Waals surface area contributed by atoms with Gasteiger partial charge in [-0.2, -0.15) is 0 Å². The minimum Gasteiger partial charge on any atom is -0.264 e. The van der Waals surface area contributed by atoms with E-state index in [-0.39, 0.29) is 0 Å². The van der Waals surface area contributed by atoms with Gasteiger partial charge < -0.3 is 0 Å². The van der Waals surface area contributed by atoms with Crippen LogP contribution < -0.4 is 0 Å². The minimum absolute atomic E-state index is 0.473. The van der Waals surface area contributed by atoms with Crippen molar-refractivity contribution in [3.05, 3.63) is 268 Å². The van der Waals surface area contributed by atoms with Gasteiger partial charge in [0, 0.05) is 12.4 Å². The zero-order valence-corrected chi connectivity index (χ0v) is 36.7. The number of fused-ring (bicyclic) bond motifs is 16. The van der Waals surface area contributed by atoms with Gasteiger partial charge in [0.2, 0.25) is 0 Å². The van der Waals surface area contributed by atoms with Gasteiger partial charge in [0.15, 0.2) is 0 Å². The second-order valence-corrected chi connectivity index (χ2v) is 19.0. The topological polar surface area (TPSA) is 12.9 Å². The molecule has 1 heterocycles. The Morgan fingerprint density at radius 3 is 1.20 bits per heavy atom. The van der Waals surface area contributed by atoms with Crippen LogP contribution in [0.5, 0.6) is 0 Å². The summed E-state index contributed by atoms with van der Waals surface area (Å²) in [4.78, 5) is 4.55. The summed E-state index contributed by atoms with van der Waals surface area (Å²) in [5.41, 5.74) is 28.2. The van der Waals surface area contributed by atoms with Gasteiger partial charge >= 0.3 is 0 Å². The van der Waals surface area contributed by atoms with Gasteiger partial charge in [0.05, 0.1) is 10.8 Å². The molecule has 66 heavy (non-hydrogen) atoms. The van der Waals surface area contributed by atoms with Gasteiger partial charge in [-0.15, -0.1) is 0 Å². The smallest absolute Gasteiger partial charge is 0.0726 e. The molecule has 0 fully saturated rings. The van der Waals surface area contributed by atoms with Crippen molar-refractivity contribution < 1.29 is 0 Å². The van der Waals surface area contributed by atoms with E-state index in [1.54, 1.807) is 0 Å². The summed E-state index contributed by atoms with van der Waals surface area (Å²) in [6.45, 7) is 4.64. The number of hydrogen-bond acceptors (Lipinski definition) is 1. The van der Waals surface area contributed by atoms with Gasteiger partial charge in [-0.25, -0.2) is 0 Å². The summed E-state index contributed by atoms with van der Waals surface area (Å²) < 4.78 is 0. The van der Waals surface area contributed by atoms with E-state index in [1.165, 1.54) is 138 Å². The Bertz CT molecular complexity index is 3830. The Kier molecular flexibility index (Phi) is 7.01. The molecule has 0 unspecified atom stereocenters. The molecule has 10 aromatic carbocycles. The lowest BCUT2D eigenvalue weighted by Gasteiger charge is -2.37.